The van der Waals surface area contributed by atoms with Gasteiger partial charge in [0.05, 0.1) is 0 Å². The number of nitrogens with one attached hydrogen (secondary N) is 2. The van der Waals surface area contributed by atoms with Crippen molar-refractivity contribution in [2.24, 2.45) is 0 Å². The summed E-state index contributed by atoms with van der Waals surface area (Å²) in [6, 6.07) is 15.1. The number of aromatic nitrogens is 4. The molecule has 2 N–H and O–H groups in total. The lowest BCUT2D eigenvalue weighted by Crippen LogP contribution is -2.38. The zero-order chi connectivity index (χ0) is 21.1. The Labute approximate surface area is 190 Å². The Hall–Kier alpha value is -2.69. The number of amides is 1. The third-order valence-electron chi connectivity index (χ3n) is 4.36. The monoisotopic (exact) mass is 500 g/mol. The van der Waals surface area contributed by atoms with Crippen molar-refractivity contribution in [3.05, 3.63) is 70.0 Å². The van der Waals surface area contributed by atoms with Gasteiger partial charge >= 0.3 is 0 Å². The molecule has 0 unspecified atom stereocenters. The fraction of sp³-hybridized carbons (Fsp3) is 0.150. The van der Waals surface area contributed by atoms with Crippen LogP contribution in [0.15, 0.2) is 53.0 Å². The van der Waals surface area contributed by atoms with E-state index in [1.54, 1.807) is 16.6 Å². The molecule has 2 aromatic carbocycles. The van der Waals surface area contributed by atoms with Crippen molar-refractivity contribution in [1.82, 2.24) is 30.4 Å². The molecule has 0 saturated heterocycles. The highest BCUT2D eigenvalue weighted by molar-refractivity contribution is 9.10. The first kappa shape index (κ1) is 20.6. The maximum atomic E-state index is 12.2. The highest BCUT2D eigenvalue weighted by Crippen LogP contribution is 2.25. The summed E-state index contributed by atoms with van der Waals surface area (Å²) in [7, 11) is 0. The van der Waals surface area contributed by atoms with Crippen LogP contribution < -0.4 is 10.6 Å². The molecule has 2 aromatic heterocycles. The molecule has 10 heteroatoms. The number of carbonyl (C=O) groups is 1. The van der Waals surface area contributed by atoms with E-state index in [4.69, 9.17) is 12.2 Å². The van der Waals surface area contributed by atoms with Crippen molar-refractivity contribution >= 4 is 55.5 Å². The van der Waals surface area contributed by atoms with E-state index in [9.17, 15) is 4.79 Å². The molecule has 0 aliphatic heterocycles. The second-order valence-electron chi connectivity index (χ2n) is 6.41. The molecule has 0 spiro atoms. The summed E-state index contributed by atoms with van der Waals surface area (Å²) in [4.78, 5) is 13.0. The van der Waals surface area contributed by atoms with E-state index >= 15 is 0 Å². The minimum atomic E-state index is -0.245. The fourth-order valence-corrected chi connectivity index (χ4v) is 4.06. The van der Waals surface area contributed by atoms with Gasteiger partial charge in [0.1, 0.15) is 5.01 Å². The van der Waals surface area contributed by atoms with E-state index in [0.29, 0.717) is 12.1 Å². The number of hydrogen-bond acceptors (Lipinski definition) is 6. The van der Waals surface area contributed by atoms with Gasteiger partial charge in [0, 0.05) is 28.6 Å². The van der Waals surface area contributed by atoms with Crippen LogP contribution in [0.5, 0.6) is 0 Å². The third-order valence-corrected chi connectivity index (χ3v) is 6.08. The van der Waals surface area contributed by atoms with Crippen molar-refractivity contribution in [3.63, 3.8) is 0 Å². The van der Waals surface area contributed by atoms with Crippen LogP contribution in [0.1, 0.15) is 28.7 Å². The first-order valence-corrected chi connectivity index (χ1v) is 11.2. The predicted molar refractivity (Wildman–Crippen MR) is 125 cm³/mol. The van der Waals surface area contributed by atoms with E-state index in [1.807, 2.05) is 43.3 Å². The molecule has 7 nitrogen and oxygen atoms in total. The highest BCUT2D eigenvalue weighted by atomic mass is 79.9. The lowest BCUT2D eigenvalue weighted by atomic mass is 10.1. The van der Waals surface area contributed by atoms with Crippen LogP contribution in [0.2, 0.25) is 0 Å². The van der Waals surface area contributed by atoms with Gasteiger partial charge in [0.2, 0.25) is 4.96 Å². The third kappa shape index (κ3) is 4.55. The van der Waals surface area contributed by atoms with E-state index < -0.39 is 0 Å². The van der Waals surface area contributed by atoms with Gasteiger partial charge in [-0.25, -0.2) is 0 Å². The number of benzene rings is 2. The number of rotatable bonds is 5. The van der Waals surface area contributed by atoms with Gasteiger partial charge in [-0.2, -0.15) is 9.61 Å². The summed E-state index contributed by atoms with van der Waals surface area (Å²) in [5.74, 6) is 0.608. The first-order valence-electron chi connectivity index (χ1n) is 9.18. The number of hydrogen-bond donors (Lipinski definition) is 2. The average Bonchev–Trinajstić information content (AvgIpc) is 3.34. The molecule has 1 amide bonds. The molecule has 0 bridgehead atoms. The zero-order valence-corrected chi connectivity index (χ0v) is 19.1. The van der Waals surface area contributed by atoms with Crippen LogP contribution >= 0.6 is 39.5 Å². The van der Waals surface area contributed by atoms with E-state index in [2.05, 4.69) is 41.9 Å². The minimum Gasteiger partial charge on any atom is -0.358 e. The standard InChI is InChI=1S/C20H17BrN6OS2/c1-2-16-24-25-20-27(16)26-18(30-20)14-5-3-12(4-6-14)11-22-19(29)23-17(28)13-7-9-15(21)10-8-13/h3-10H,2,11H2,1H3,(H2,22,23,28,29). The molecule has 4 rings (SSSR count). The number of aryl methyl sites for hydroxylation is 1. The number of carbonyl (C=O) groups excluding carboxylic acids is 1. The quantitative estimate of drug-likeness (QED) is 0.403. The van der Waals surface area contributed by atoms with Crippen molar-refractivity contribution in [1.29, 1.82) is 0 Å². The first-order chi connectivity index (χ1) is 14.5. The van der Waals surface area contributed by atoms with Crippen molar-refractivity contribution < 1.29 is 4.79 Å². The summed E-state index contributed by atoms with van der Waals surface area (Å²) in [6.07, 6.45) is 0.785. The Morgan fingerprint density at radius 3 is 2.57 bits per heavy atom. The van der Waals surface area contributed by atoms with Gasteiger partial charge < -0.3 is 5.32 Å². The summed E-state index contributed by atoms with van der Waals surface area (Å²) in [5, 5.41) is 19.8. The minimum absolute atomic E-state index is 0.245. The molecular formula is C20H17BrN6OS2. The van der Waals surface area contributed by atoms with E-state index in [0.717, 1.165) is 37.8 Å². The van der Waals surface area contributed by atoms with Crippen molar-refractivity contribution in [2.45, 2.75) is 19.9 Å². The van der Waals surface area contributed by atoms with Gasteiger partial charge in [-0.3, -0.25) is 10.1 Å². The molecule has 0 radical (unpaired) electrons. The van der Waals surface area contributed by atoms with Crippen molar-refractivity contribution in [3.8, 4) is 10.6 Å². The smallest absolute Gasteiger partial charge is 0.257 e. The van der Waals surface area contributed by atoms with Crippen molar-refractivity contribution in [2.75, 3.05) is 0 Å². The number of fused-ring (bicyclic) bond motifs is 1. The van der Waals surface area contributed by atoms with Crippen LogP contribution in [0.3, 0.4) is 0 Å². The SMILES string of the molecule is CCc1nnc2sc(-c3ccc(CNC(=S)NC(=O)c4ccc(Br)cc4)cc3)nn12. The lowest BCUT2D eigenvalue weighted by Gasteiger charge is -2.10. The van der Waals surface area contributed by atoms with Gasteiger partial charge in [0.25, 0.3) is 5.91 Å². The molecule has 152 valence electrons. The Kier molecular flexibility index (Phi) is 6.16. The van der Waals surface area contributed by atoms with Crippen LogP contribution in [0, 0.1) is 0 Å². The number of thiocarbonyl (C=S) groups is 1. The molecule has 0 saturated carbocycles. The topological polar surface area (TPSA) is 84.2 Å². The zero-order valence-electron chi connectivity index (χ0n) is 15.9. The normalized spacial score (nSPS) is 10.9. The Balaban J connectivity index is 1.35. The molecule has 2 heterocycles. The Bertz CT molecular complexity index is 1200. The molecule has 30 heavy (non-hydrogen) atoms. The highest BCUT2D eigenvalue weighted by Gasteiger charge is 2.12. The summed E-state index contributed by atoms with van der Waals surface area (Å²) in [6.45, 7) is 2.54. The van der Waals surface area contributed by atoms with Crippen LogP contribution in [0.25, 0.3) is 15.5 Å². The predicted octanol–water partition coefficient (Wildman–Crippen LogP) is 3.98. The molecule has 0 aliphatic carbocycles. The number of halogens is 1. The summed E-state index contributed by atoms with van der Waals surface area (Å²) < 4.78 is 2.71. The largest absolute Gasteiger partial charge is 0.358 e. The van der Waals surface area contributed by atoms with Crippen LogP contribution in [0.4, 0.5) is 0 Å². The fourth-order valence-electron chi connectivity index (χ4n) is 2.76. The van der Waals surface area contributed by atoms with E-state index in [-0.39, 0.29) is 11.0 Å². The van der Waals surface area contributed by atoms with E-state index in [1.165, 1.54) is 11.3 Å². The Morgan fingerprint density at radius 1 is 1.13 bits per heavy atom. The maximum Gasteiger partial charge on any atom is 0.257 e. The lowest BCUT2D eigenvalue weighted by molar-refractivity contribution is 0.0976. The van der Waals surface area contributed by atoms with Crippen LogP contribution in [-0.4, -0.2) is 30.8 Å². The summed E-state index contributed by atoms with van der Waals surface area (Å²) in [5.41, 5.74) is 2.60. The molecule has 4 aromatic rings. The molecule has 0 atom stereocenters. The van der Waals surface area contributed by atoms with Gasteiger partial charge in [-0.05, 0) is 42.0 Å². The Morgan fingerprint density at radius 2 is 1.87 bits per heavy atom. The van der Waals surface area contributed by atoms with Gasteiger partial charge in [0.15, 0.2) is 10.9 Å². The summed E-state index contributed by atoms with van der Waals surface area (Å²) >= 11 is 10.1. The molecule has 0 aliphatic rings. The van der Waals surface area contributed by atoms with Crippen LogP contribution in [-0.2, 0) is 13.0 Å². The van der Waals surface area contributed by atoms with Gasteiger partial charge in [-0.15, -0.1) is 10.2 Å². The number of nitrogens with zero attached hydrogens (tertiary/aromatic N) is 4. The molecular weight excluding hydrogens is 484 g/mol. The average molecular weight is 501 g/mol. The second-order valence-corrected chi connectivity index (χ2v) is 8.69. The second kappa shape index (κ2) is 8.99. The molecule has 0 fully saturated rings. The maximum absolute atomic E-state index is 12.2. The van der Waals surface area contributed by atoms with Gasteiger partial charge in [-0.1, -0.05) is 58.5 Å².